The van der Waals surface area contributed by atoms with Crippen molar-refractivity contribution < 1.29 is 0 Å². The lowest BCUT2D eigenvalue weighted by atomic mass is 10.1. The number of hydrogen-bond donors (Lipinski definition) is 0. The largest absolute Gasteiger partial charge is 0.256 e. The molecule has 1 aliphatic rings. The van der Waals surface area contributed by atoms with Gasteiger partial charge < -0.3 is 0 Å². The highest BCUT2D eigenvalue weighted by Gasteiger charge is 2.26. The van der Waals surface area contributed by atoms with Crippen molar-refractivity contribution in [3.63, 3.8) is 0 Å². The molecule has 2 heteroatoms. The number of nitrogens with zero attached hydrogens (tertiary/aromatic N) is 1. The first-order valence-corrected chi connectivity index (χ1v) is 5.00. The van der Waals surface area contributed by atoms with E-state index in [4.69, 9.17) is 11.6 Å². The molecule has 0 fully saturated rings. The van der Waals surface area contributed by atoms with E-state index in [1.54, 1.807) is 0 Å². The van der Waals surface area contributed by atoms with Crippen LogP contribution < -0.4 is 0 Å². The van der Waals surface area contributed by atoms with E-state index in [2.05, 4.69) is 17.1 Å². The fourth-order valence-electron chi connectivity index (χ4n) is 1.95. The third kappa shape index (κ3) is 0.933. The predicted molar refractivity (Wildman–Crippen MR) is 57.4 cm³/mol. The zero-order valence-corrected chi connectivity index (χ0v) is 8.20. The quantitative estimate of drug-likeness (QED) is 0.596. The van der Waals surface area contributed by atoms with Gasteiger partial charge in [0.25, 0.3) is 0 Å². The molecular formula is C12H8ClN. The standard InChI is InChI=1S/C12H8ClN/c13-11-8-4-1-2-5-9(8)12-10(11)6-3-7-14-12/h1-7,11H. The molecule has 0 amide bonds. The number of pyridine rings is 1. The zero-order valence-electron chi connectivity index (χ0n) is 7.44. The molecule has 1 unspecified atom stereocenters. The molecule has 68 valence electrons. The third-order valence-corrected chi connectivity index (χ3v) is 3.07. The van der Waals surface area contributed by atoms with Gasteiger partial charge in [0.05, 0.1) is 11.1 Å². The highest BCUT2D eigenvalue weighted by Crippen LogP contribution is 2.45. The molecule has 0 N–H and O–H groups in total. The predicted octanol–water partition coefficient (Wildman–Crippen LogP) is 3.39. The number of alkyl halides is 1. The molecule has 1 aromatic heterocycles. The summed E-state index contributed by atoms with van der Waals surface area (Å²) in [6.45, 7) is 0. The van der Waals surface area contributed by atoms with Gasteiger partial charge in [-0.2, -0.15) is 0 Å². The van der Waals surface area contributed by atoms with Crippen molar-refractivity contribution in [1.29, 1.82) is 0 Å². The van der Waals surface area contributed by atoms with Crippen LogP contribution in [0.2, 0.25) is 0 Å². The van der Waals surface area contributed by atoms with Crippen molar-refractivity contribution in [3.05, 3.63) is 53.7 Å². The van der Waals surface area contributed by atoms with Crippen LogP contribution in [0.4, 0.5) is 0 Å². The molecule has 1 nitrogen and oxygen atoms in total. The highest BCUT2D eigenvalue weighted by molar-refractivity contribution is 6.24. The smallest absolute Gasteiger partial charge is 0.0863 e. The Morgan fingerprint density at radius 2 is 1.79 bits per heavy atom. The summed E-state index contributed by atoms with van der Waals surface area (Å²) in [5, 5.41) is -0.0325. The number of fused-ring (bicyclic) bond motifs is 3. The summed E-state index contributed by atoms with van der Waals surface area (Å²) in [6, 6.07) is 12.1. The Kier molecular flexibility index (Phi) is 1.62. The Balaban J connectivity index is 2.36. The van der Waals surface area contributed by atoms with Crippen LogP contribution in [0, 0.1) is 0 Å². The molecule has 0 saturated carbocycles. The second-order valence-corrected chi connectivity index (χ2v) is 3.83. The molecule has 2 aromatic rings. The van der Waals surface area contributed by atoms with Gasteiger partial charge in [-0.3, -0.25) is 4.98 Å². The van der Waals surface area contributed by atoms with Crippen LogP contribution >= 0.6 is 11.6 Å². The van der Waals surface area contributed by atoms with Crippen LogP contribution in [0.5, 0.6) is 0 Å². The van der Waals surface area contributed by atoms with Crippen LogP contribution in [0.15, 0.2) is 42.6 Å². The van der Waals surface area contributed by atoms with Gasteiger partial charge in [0.15, 0.2) is 0 Å². The minimum absolute atomic E-state index is 0.0325. The summed E-state index contributed by atoms with van der Waals surface area (Å²) in [5.74, 6) is 0. The van der Waals surface area contributed by atoms with Crippen molar-refractivity contribution in [2.45, 2.75) is 5.38 Å². The van der Waals surface area contributed by atoms with Crippen molar-refractivity contribution in [1.82, 2.24) is 4.98 Å². The second kappa shape index (κ2) is 2.82. The van der Waals surface area contributed by atoms with E-state index in [0.717, 1.165) is 11.3 Å². The molecule has 1 atom stereocenters. The number of hydrogen-bond acceptors (Lipinski definition) is 1. The van der Waals surface area contributed by atoms with E-state index in [9.17, 15) is 0 Å². The maximum absolute atomic E-state index is 6.33. The molecule has 0 spiro atoms. The van der Waals surface area contributed by atoms with Gasteiger partial charge in [-0.1, -0.05) is 30.3 Å². The van der Waals surface area contributed by atoms with Gasteiger partial charge in [-0.25, -0.2) is 0 Å². The van der Waals surface area contributed by atoms with E-state index < -0.39 is 0 Å². The average molecular weight is 202 g/mol. The van der Waals surface area contributed by atoms with E-state index >= 15 is 0 Å². The molecule has 3 rings (SSSR count). The van der Waals surface area contributed by atoms with Crippen LogP contribution in [-0.2, 0) is 0 Å². The lowest BCUT2D eigenvalue weighted by Gasteiger charge is -2.01. The zero-order chi connectivity index (χ0) is 9.54. The van der Waals surface area contributed by atoms with Gasteiger partial charge in [0.1, 0.15) is 0 Å². The molecule has 1 aliphatic carbocycles. The molecule has 14 heavy (non-hydrogen) atoms. The van der Waals surface area contributed by atoms with Gasteiger partial charge in [0, 0.05) is 17.3 Å². The number of aromatic nitrogens is 1. The van der Waals surface area contributed by atoms with Crippen LogP contribution in [0.1, 0.15) is 16.5 Å². The third-order valence-electron chi connectivity index (χ3n) is 2.60. The van der Waals surface area contributed by atoms with Gasteiger partial charge in [-0.05, 0) is 11.6 Å². The number of benzene rings is 1. The van der Waals surface area contributed by atoms with Gasteiger partial charge >= 0.3 is 0 Å². The Morgan fingerprint density at radius 1 is 1.00 bits per heavy atom. The fraction of sp³-hybridized carbons (Fsp3) is 0.0833. The molecule has 1 aromatic carbocycles. The molecule has 0 saturated heterocycles. The first-order chi connectivity index (χ1) is 6.88. The summed E-state index contributed by atoms with van der Waals surface area (Å²) >= 11 is 6.33. The van der Waals surface area contributed by atoms with Crippen molar-refractivity contribution in [2.75, 3.05) is 0 Å². The minimum Gasteiger partial charge on any atom is -0.256 e. The van der Waals surface area contributed by atoms with Gasteiger partial charge in [-0.15, -0.1) is 11.6 Å². The summed E-state index contributed by atoms with van der Waals surface area (Å²) in [7, 11) is 0. The van der Waals surface area contributed by atoms with Crippen LogP contribution in [-0.4, -0.2) is 4.98 Å². The summed E-state index contributed by atoms with van der Waals surface area (Å²) in [5.41, 5.74) is 4.49. The Labute approximate surface area is 87.4 Å². The van der Waals surface area contributed by atoms with E-state index in [1.165, 1.54) is 11.1 Å². The highest BCUT2D eigenvalue weighted by atomic mass is 35.5. The number of halogens is 1. The Morgan fingerprint density at radius 3 is 2.71 bits per heavy atom. The van der Waals surface area contributed by atoms with Gasteiger partial charge in [0.2, 0.25) is 0 Å². The SMILES string of the molecule is ClC1c2ccccc2-c2ncccc21. The molecular weight excluding hydrogens is 194 g/mol. The van der Waals surface area contributed by atoms with E-state index in [0.29, 0.717) is 0 Å². The maximum Gasteiger partial charge on any atom is 0.0863 e. The Bertz CT molecular complexity index is 448. The van der Waals surface area contributed by atoms with Crippen molar-refractivity contribution in [3.8, 4) is 11.3 Å². The first kappa shape index (κ1) is 8.01. The van der Waals surface area contributed by atoms with E-state index in [-0.39, 0.29) is 5.38 Å². The minimum atomic E-state index is -0.0325. The fourth-order valence-corrected chi connectivity index (χ4v) is 2.31. The monoisotopic (exact) mass is 201 g/mol. The topological polar surface area (TPSA) is 12.9 Å². The van der Waals surface area contributed by atoms with Crippen molar-refractivity contribution >= 4 is 11.6 Å². The van der Waals surface area contributed by atoms with E-state index in [1.807, 2.05) is 30.5 Å². The van der Waals surface area contributed by atoms with Crippen molar-refractivity contribution in [2.24, 2.45) is 0 Å². The normalized spacial score (nSPS) is 17.6. The summed E-state index contributed by atoms with van der Waals surface area (Å²) < 4.78 is 0. The lowest BCUT2D eigenvalue weighted by Crippen LogP contribution is -1.85. The number of rotatable bonds is 0. The molecule has 0 bridgehead atoms. The molecule has 0 radical (unpaired) electrons. The second-order valence-electron chi connectivity index (χ2n) is 3.39. The average Bonchev–Trinajstić information content (AvgIpc) is 2.55. The maximum atomic E-state index is 6.33. The summed E-state index contributed by atoms with van der Waals surface area (Å²) in [6.07, 6.45) is 1.81. The first-order valence-electron chi connectivity index (χ1n) is 4.56. The molecule has 0 aliphatic heterocycles. The van der Waals surface area contributed by atoms with Crippen LogP contribution in [0.25, 0.3) is 11.3 Å². The molecule has 1 heterocycles. The lowest BCUT2D eigenvalue weighted by molar-refractivity contribution is 1.18. The Hall–Kier alpha value is -1.34. The van der Waals surface area contributed by atoms with Crippen LogP contribution in [0.3, 0.4) is 0 Å². The summed E-state index contributed by atoms with van der Waals surface area (Å²) in [4.78, 5) is 4.37.